The summed E-state index contributed by atoms with van der Waals surface area (Å²) in [7, 11) is 0. The Morgan fingerprint density at radius 3 is 2.74 bits per heavy atom. The highest BCUT2D eigenvalue weighted by Gasteiger charge is 2.25. The molecule has 1 atom stereocenters. The summed E-state index contributed by atoms with van der Waals surface area (Å²) >= 11 is 0. The quantitative estimate of drug-likeness (QED) is 0.907. The predicted octanol–water partition coefficient (Wildman–Crippen LogP) is 2.45. The van der Waals surface area contributed by atoms with E-state index in [0.717, 1.165) is 12.5 Å². The Morgan fingerprint density at radius 2 is 1.95 bits per heavy atom. The van der Waals surface area contributed by atoms with Crippen LogP contribution < -0.4 is 10.6 Å². The maximum atomic E-state index is 5.89. The molecule has 3 rings (SSSR count). The number of aromatic nitrogens is 2. The fraction of sp³-hybridized carbons (Fsp3) is 0.733. The minimum Gasteiger partial charge on any atom is -0.337 e. The van der Waals surface area contributed by atoms with Gasteiger partial charge in [-0.3, -0.25) is 0 Å². The summed E-state index contributed by atoms with van der Waals surface area (Å²) in [5.41, 5.74) is 7.13. The van der Waals surface area contributed by atoms with Crippen LogP contribution in [0.5, 0.6) is 0 Å². The van der Waals surface area contributed by atoms with Crippen molar-refractivity contribution < 1.29 is 0 Å². The SMILES string of the molecule is NCC1CCCCN1c1nccc(C2CCCC2)n1. The molecule has 1 unspecified atom stereocenters. The molecule has 1 aromatic heterocycles. The smallest absolute Gasteiger partial charge is 0.225 e. The number of piperidine rings is 1. The van der Waals surface area contributed by atoms with Gasteiger partial charge in [-0.05, 0) is 38.2 Å². The first-order chi connectivity index (χ1) is 9.38. The van der Waals surface area contributed by atoms with E-state index in [2.05, 4.69) is 16.0 Å². The average Bonchev–Trinajstić information content (AvgIpc) is 3.01. The largest absolute Gasteiger partial charge is 0.337 e. The maximum absolute atomic E-state index is 5.89. The number of nitrogens with two attached hydrogens (primary N) is 1. The van der Waals surface area contributed by atoms with E-state index in [0.29, 0.717) is 18.5 Å². The van der Waals surface area contributed by atoms with E-state index in [9.17, 15) is 0 Å². The molecule has 0 bridgehead atoms. The van der Waals surface area contributed by atoms with Crippen molar-refractivity contribution in [3.63, 3.8) is 0 Å². The van der Waals surface area contributed by atoms with Gasteiger partial charge in [0.15, 0.2) is 0 Å². The monoisotopic (exact) mass is 260 g/mol. The molecule has 1 saturated heterocycles. The third-order valence-electron chi connectivity index (χ3n) is 4.59. The van der Waals surface area contributed by atoms with Crippen LogP contribution in [0.25, 0.3) is 0 Å². The Morgan fingerprint density at radius 1 is 1.16 bits per heavy atom. The van der Waals surface area contributed by atoms with Gasteiger partial charge in [-0.15, -0.1) is 0 Å². The zero-order valence-corrected chi connectivity index (χ0v) is 11.6. The lowest BCUT2D eigenvalue weighted by Gasteiger charge is -2.35. The normalized spacial score (nSPS) is 24.9. The third kappa shape index (κ3) is 2.73. The van der Waals surface area contributed by atoms with Crippen LogP contribution >= 0.6 is 0 Å². The van der Waals surface area contributed by atoms with Crippen molar-refractivity contribution in [2.75, 3.05) is 18.0 Å². The minimum atomic E-state index is 0.424. The second-order valence-corrected chi connectivity index (χ2v) is 5.84. The van der Waals surface area contributed by atoms with Crippen molar-refractivity contribution in [1.82, 2.24) is 9.97 Å². The van der Waals surface area contributed by atoms with Crippen LogP contribution in [-0.2, 0) is 0 Å². The first-order valence-electron chi connectivity index (χ1n) is 7.68. The molecule has 0 aromatic carbocycles. The third-order valence-corrected chi connectivity index (χ3v) is 4.59. The van der Waals surface area contributed by atoms with Gasteiger partial charge in [0.05, 0.1) is 0 Å². The van der Waals surface area contributed by atoms with Crippen molar-refractivity contribution in [1.29, 1.82) is 0 Å². The molecule has 4 nitrogen and oxygen atoms in total. The fourth-order valence-electron chi connectivity index (χ4n) is 3.46. The summed E-state index contributed by atoms with van der Waals surface area (Å²) in [4.78, 5) is 11.6. The van der Waals surface area contributed by atoms with E-state index in [-0.39, 0.29) is 0 Å². The van der Waals surface area contributed by atoms with Gasteiger partial charge in [-0.2, -0.15) is 0 Å². The molecule has 104 valence electrons. The van der Waals surface area contributed by atoms with Gasteiger partial charge in [-0.25, -0.2) is 9.97 Å². The first-order valence-corrected chi connectivity index (χ1v) is 7.68. The van der Waals surface area contributed by atoms with Crippen LogP contribution in [0.3, 0.4) is 0 Å². The summed E-state index contributed by atoms with van der Waals surface area (Å²) in [6, 6.07) is 2.52. The molecule has 2 heterocycles. The van der Waals surface area contributed by atoms with E-state index in [1.54, 1.807) is 0 Å². The molecule has 2 N–H and O–H groups in total. The van der Waals surface area contributed by atoms with Gasteiger partial charge >= 0.3 is 0 Å². The zero-order chi connectivity index (χ0) is 13.1. The van der Waals surface area contributed by atoms with Crippen LogP contribution in [0.15, 0.2) is 12.3 Å². The Hall–Kier alpha value is -1.16. The van der Waals surface area contributed by atoms with E-state index < -0.39 is 0 Å². The van der Waals surface area contributed by atoms with E-state index in [1.807, 2.05) is 6.20 Å². The topological polar surface area (TPSA) is 55.0 Å². The Bertz CT molecular complexity index is 414. The molecule has 1 aliphatic carbocycles. The molecular formula is C15H24N4. The molecule has 4 heteroatoms. The molecule has 0 spiro atoms. The Balaban J connectivity index is 1.81. The van der Waals surface area contributed by atoms with Crippen molar-refractivity contribution in [2.45, 2.75) is 56.9 Å². The highest BCUT2D eigenvalue weighted by atomic mass is 15.3. The van der Waals surface area contributed by atoms with Crippen LogP contribution in [0.4, 0.5) is 5.95 Å². The Kier molecular flexibility index (Phi) is 3.97. The molecular weight excluding hydrogens is 236 g/mol. The Labute approximate surface area is 115 Å². The molecule has 2 fully saturated rings. The fourth-order valence-corrected chi connectivity index (χ4v) is 3.46. The summed E-state index contributed by atoms with van der Waals surface area (Å²) in [6.07, 6.45) is 10.9. The highest BCUT2D eigenvalue weighted by Crippen LogP contribution is 2.33. The van der Waals surface area contributed by atoms with Crippen molar-refractivity contribution >= 4 is 5.95 Å². The highest BCUT2D eigenvalue weighted by molar-refractivity contribution is 5.34. The summed E-state index contributed by atoms with van der Waals surface area (Å²) < 4.78 is 0. The molecule has 1 saturated carbocycles. The molecule has 1 aliphatic heterocycles. The first kappa shape index (κ1) is 12.9. The van der Waals surface area contributed by atoms with Gasteiger partial charge < -0.3 is 10.6 Å². The molecule has 0 radical (unpaired) electrons. The molecule has 19 heavy (non-hydrogen) atoms. The van der Waals surface area contributed by atoms with Crippen LogP contribution in [0, 0.1) is 0 Å². The van der Waals surface area contributed by atoms with Crippen molar-refractivity contribution in [2.24, 2.45) is 5.73 Å². The number of nitrogens with zero attached hydrogens (tertiary/aromatic N) is 3. The lowest BCUT2D eigenvalue weighted by atomic mass is 10.0. The van der Waals surface area contributed by atoms with Crippen LogP contribution in [-0.4, -0.2) is 29.1 Å². The second kappa shape index (κ2) is 5.87. The average molecular weight is 260 g/mol. The summed E-state index contributed by atoms with van der Waals surface area (Å²) in [5.74, 6) is 1.56. The molecule has 1 aromatic rings. The molecule has 0 amide bonds. The maximum Gasteiger partial charge on any atom is 0.225 e. The number of rotatable bonds is 3. The lowest BCUT2D eigenvalue weighted by Crippen LogP contribution is -2.45. The zero-order valence-electron chi connectivity index (χ0n) is 11.6. The standard InChI is InChI=1S/C15H24N4/c16-11-13-7-3-4-10-19(13)15-17-9-8-14(18-15)12-5-1-2-6-12/h8-9,12-13H,1-7,10-11,16H2. The van der Waals surface area contributed by atoms with Gasteiger partial charge in [0.1, 0.15) is 0 Å². The minimum absolute atomic E-state index is 0.424. The summed E-state index contributed by atoms with van der Waals surface area (Å²) in [5, 5.41) is 0. The van der Waals surface area contributed by atoms with E-state index >= 15 is 0 Å². The van der Waals surface area contributed by atoms with Gasteiger partial charge in [-0.1, -0.05) is 12.8 Å². The van der Waals surface area contributed by atoms with Crippen molar-refractivity contribution in [3.05, 3.63) is 18.0 Å². The predicted molar refractivity (Wildman–Crippen MR) is 77.3 cm³/mol. The summed E-state index contributed by atoms with van der Waals surface area (Å²) in [6.45, 7) is 1.76. The van der Waals surface area contributed by atoms with Crippen LogP contribution in [0.2, 0.25) is 0 Å². The second-order valence-electron chi connectivity index (χ2n) is 5.84. The van der Waals surface area contributed by atoms with E-state index in [4.69, 9.17) is 10.7 Å². The number of hydrogen-bond donors (Lipinski definition) is 1. The van der Waals surface area contributed by atoms with Crippen LogP contribution in [0.1, 0.15) is 56.6 Å². The number of hydrogen-bond acceptors (Lipinski definition) is 4. The number of anilines is 1. The lowest BCUT2D eigenvalue weighted by molar-refractivity contribution is 0.457. The van der Waals surface area contributed by atoms with Crippen molar-refractivity contribution in [3.8, 4) is 0 Å². The van der Waals surface area contributed by atoms with E-state index in [1.165, 1.54) is 50.6 Å². The van der Waals surface area contributed by atoms with Gasteiger partial charge in [0, 0.05) is 36.9 Å². The van der Waals surface area contributed by atoms with Gasteiger partial charge in [0.2, 0.25) is 5.95 Å². The van der Waals surface area contributed by atoms with Gasteiger partial charge in [0.25, 0.3) is 0 Å². The molecule has 2 aliphatic rings.